The molecule has 0 bridgehead atoms. The number of carbonyl (C=O) groups excluding carboxylic acids is 2. The van der Waals surface area contributed by atoms with Crippen LogP contribution in [0.3, 0.4) is 0 Å². The molecule has 2 aliphatic rings. The summed E-state index contributed by atoms with van der Waals surface area (Å²) in [5.74, 6) is 0.691. The standard InChI is InChI=1S/C12H13NO3/c14-11-6-9(12(15)13-11)7-2-1-3-10-8(7)4-5-16-10/h4-5,7,9H,1-3,6H2,(H,13,14,15). The van der Waals surface area contributed by atoms with Gasteiger partial charge in [0, 0.05) is 12.8 Å². The molecule has 0 radical (unpaired) electrons. The van der Waals surface area contributed by atoms with Gasteiger partial charge in [0.2, 0.25) is 11.8 Å². The van der Waals surface area contributed by atoms with Crippen molar-refractivity contribution in [2.24, 2.45) is 5.92 Å². The monoisotopic (exact) mass is 219 g/mol. The number of furan rings is 1. The highest BCUT2D eigenvalue weighted by Crippen LogP contribution is 2.40. The van der Waals surface area contributed by atoms with Crippen LogP contribution in [0.5, 0.6) is 0 Å². The Morgan fingerprint density at radius 1 is 1.31 bits per heavy atom. The SMILES string of the molecule is O=C1CC(C2CCCc3occc32)C(=O)N1. The van der Waals surface area contributed by atoms with Crippen molar-refractivity contribution in [2.75, 3.05) is 0 Å². The number of amides is 2. The average Bonchev–Trinajstić information content (AvgIpc) is 2.84. The summed E-state index contributed by atoms with van der Waals surface area (Å²) in [6, 6.07) is 1.94. The third-order valence-corrected chi connectivity index (χ3v) is 3.59. The molecule has 1 N–H and O–H groups in total. The summed E-state index contributed by atoms with van der Waals surface area (Å²) in [6.45, 7) is 0. The van der Waals surface area contributed by atoms with Crippen molar-refractivity contribution in [3.8, 4) is 0 Å². The number of rotatable bonds is 1. The molecule has 2 unspecified atom stereocenters. The second kappa shape index (κ2) is 3.47. The third-order valence-electron chi connectivity index (χ3n) is 3.59. The Morgan fingerprint density at radius 2 is 2.19 bits per heavy atom. The van der Waals surface area contributed by atoms with E-state index in [1.165, 1.54) is 0 Å². The minimum absolute atomic E-state index is 0.121. The van der Waals surface area contributed by atoms with Crippen LogP contribution in [0.2, 0.25) is 0 Å². The van der Waals surface area contributed by atoms with E-state index in [0.29, 0.717) is 6.42 Å². The molecule has 3 rings (SSSR count). The van der Waals surface area contributed by atoms with Crippen LogP contribution in [0.4, 0.5) is 0 Å². The lowest BCUT2D eigenvalue weighted by Gasteiger charge is -2.24. The number of aryl methyl sites for hydroxylation is 1. The van der Waals surface area contributed by atoms with Gasteiger partial charge in [-0.05, 0) is 30.4 Å². The second-order valence-electron chi connectivity index (χ2n) is 4.52. The summed E-state index contributed by atoms with van der Waals surface area (Å²) in [5, 5.41) is 2.38. The first kappa shape index (κ1) is 9.63. The van der Waals surface area contributed by atoms with Crippen LogP contribution in [0.15, 0.2) is 16.7 Å². The molecule has 2 amide bonds. The highest BCUT2D eigenvalue weighted by molar-refractivity contribution is 6.03. The van der Waals surface area contributed by atoms with Crippen LogP contribution >= 0.6 is 0 Å². The number of carbonyl (C=O) groups is 2. The van der Waals surface area contributed by atoms with Crippen molar-refractivity contribution in [3.05, 3.63) is 23.7 Å². The van der Waals surface area contributed by atoms with Crippen molar-refractivity contribution in [1.82, 2.24) is 5.32 Å². The van der Waals surface area contributed by atoms with E-state index in [4.69, 9.17) is 4.42 Å². The lowest BCUT2D eigenvalue weighted by atomic mass is 9.78. The molecule has 84 valence electrons. The fourth-order valence-corrected chi connectivity index (χ4v) is 2.84. The minimum Gasteiger partial charge on any atom is -0.469 e. The third kappa shape index (κ3) is 1.37. The van der Waals surface area contributed by atoms with Gasteiger partial charge in [0.1, 0.15) is 5.76 Å². The Kier molecular flexibility index (Phi) is 2.09. The van der Waals surface area contributed by atoms with E-state index >= 15 is 0 Å². The quantitative estimate of drug-likeness (QED) is 0.725. The molecule has 1 fully saturated rings. The van der Waals surface area contributed by atoms with Crippen LogP contribution in [-0.2, 0) is 16.0 Å². The number of nitrogens with one attached hydrogen (secondary N) is 1. The average molecular weight is 219 g/mol. The van der Waals surface area contributed by atoms with E-state index in [-0.39, 0.29) is 23.7 Å². The van der Waals surface area contributed by atoms with E-state index in [1.54, 1.807) is 6.26 Å². The van der Waals surface area contributed by atoms with Gasteiger partial charge in [0.15, 0.2) is 0 Å². The van der Waals surface area contributed by atoms with Crippen molar-refractivity contribution in [3.63, 3.8) is 0 Å². The van der Waals surface area contributed by atoms with Gasteiger partial charge in [-0.2, -0.15) is 0 Å². The summed E-state index contributed by atoms with van der Waals surface area (Å²) < 4.78 is 5.39. The minimum atomic E-state index is -0.191. The van der Waals surface area contributed by atoms with E-state index in [1.807, 2.05) is 6.07 Å². The van der Waals surface area contributed by atoms with Crippen molar-refractivity contribution < 1.29 is 14.0 Å². The highest BCUT2D eigenvalue weighted by Gasteiger charge is 2.39. The summed E-state index contributed by atoms with van der Waals surface area (Å²) in [4.78, 5) is 22.9. The molecular formula is C12H13NO3. The number of fused-ring (bicyclic) bond motifs is 1. The smallest absolute Gasteiger partial charge is 0.230 e. The molecule has 1 aliphatic heterocycles. The van der Waals surface area contributed by atoms with Crippen LogP contribution in [0.25, 0.3) is 0 Å². The van der Waals surface area contributed by atoms with Crippen LogP contribution < -0.4 is 5.32 Å². The molecule has 0 spiro atoms. The van der Waals surface area contributed by atoms with Gasteiger partial charge >= 0.3 is 0 Å². The summed E-state index contributed by atoms with van der Waals surface area (Å²) >= 11 is 0. The maximum Gasteiger partial charge on any atom is 0.230 e. The highest BCUT2D eigenvalue weighted by atomic mass is 16.3. The van der Waals surface area contributed by atoms with Gasteiger partial charge in [-0.3, -0.25) is 14.9 Å². The Labute approximate surface area is 93.0 Å². The Morgan fingerprint density at radius 3 is 2.94 bits per heavy atom. The van der Waals surface area contributed by atoms with Gasteiger partial charge in [-0.25, -0.2) is 0 Å². The van der Waals surface area contributed by atoms with Gasteiger partial charge in [-0.1, -0.05) is 0 Å². The lowest BCUT2D eigenvalue weighted by Crippen LogP contribution is -2.26. The summed E-state index contributed by atoms with van der Waals surface area (Å²) in [6.07, 6.45) is 4.95. The number of hydrogen-bond acceptors (Lipinski definition) is 3. The van der Waals surface area contributed by atoms with E-state index in [2.05, 4.69) is 5.32 Å². The van der Waals surface area contributed by atoms with Gasteiger partial charge in [0.05, 0.1) is 12.2 Å². The van der Waals surface area contributed by atoms with Gasteiger partial charge in [-0.15, -0.1) is 0 Å². The predicted molar refractivity (Wildman–Crippen MR) is 55.6 cm³/mol. The normalized spacial score (nSPS) is 29.0. The van der Waals surface area contributed by atoms with Crippen LogP contribution in [0, 0.1) is 5.92 Å². The molecule has 0 aromatic carbocycles. The first-order valence-electron chi connectivity index (χ1n) is 5.65. The maximum atomic E-state index is 11.7. The Balaban J connectivity index is 1.92. The molecule has 1 aromatic rings. The summed E-state index contributed by atoms with van der Waals surface area (Å²) in [7, 11) is 0. The predicted octanol–water partition coefficient (Wildman–Crippen LogP) is 1.36. The zero-order valence-electron chi connectivity index (χ0n) is 8.86. The molecule has 2 atom stereocenters. The van der Waals surface area contributed by atoms with Gasteiger partial charge < -0.3 is 4.42 Å². The first-order chi connectivity index (χ1) is 7.75. The largest absolute Gasteiger partial charge is 0.469 e. The van der Waals surface area contributed by atoms with Crippen molar-refractivity contribution in [1.29, 1.82) is 0 Å². The zero-order chi connectivity index (χ0) is 11.1. The van der Waals surface area contributed by atoms with Crippen molar-refractivity contribution >= 4 is 11.8 Å². The van der Waals surface area contributed by atoms with Gasteiger partial charge in [0.25, 0.3) is 0 Å². The van der Waals surface area contributed by atoms with Crippen LogP contribution in [0.1, 0.15) is 36.5 Å². The van der Waals surface area contributed by atoms with Crippen LogP contribution in [-0.4, -0.2) is 11.8 Å². The summed E-state index contributed by atoms with van der Waals surface area (Å²) in [5.41, 5.74) is 1.13. The molecular weight excluding hydrogens is 206 g/mol. The Hall–Kier alpha value is -1.58. The number of hydrogen-bond donors (Lipinski definition) is 1. The lowest BCUT2D eigenvalue weighted by molar-refractivity contribution is -0.126. The molecule has 1 aromatic heterocycles. The van der Waals surface area contributed by atoms with E-state index < -0.39 is 0 Å². The zero-order valence-corrected chi connectivity index (χ0v) is 8.86. The molecule has 4 nitrogen and oxygen atoms in total. The fraction of sp³-hybridized carbons (Fsp3) is 0.500. The second-order valence-corrected chi connectivity index (χ2v) is 4.52. The fourth-order valence-electron chi connectivity index (χ4n) is 2.84. The maximum absolute atomic E-state index is 11.7. The molecule has 2 heterocycles. The van der Waals surface area contributed by atoms with E-state index in [0.717, 1.165) is 30.6 Å². The number of imide groups is 1. The Bertz CT molecular complexity index is 449. The first-order valence-corrected chi connectivity index (χ1v) is 5.65. The molecule has 0 saturated carbocycles. The van der Waals surface area contributed by atoms with Crippen molar-refractivity contribution in [2.45, 2.75) is 31.6 Å². The topological polar surface area (TPSA) is 59.3 Å². The molecule has 4 heteroatoms. The van der Waals surface area contributed by atoms with E-state index in [9.17, 15) is 9.59 Å². The molecule has 16 heavy (non-hydrogen) atoms. The molecule has 1 aliphatic carbocycles. The molecule has 1 saturated heterocycles.